The average Bonchev–Trinajstić information content (AvgIpc) is 2.28. The lowest BCUT2D eigenvalue weighted by Crippen LogP contribution is -2.08. The minimum Gasteiger partial charge on any atom is -0.478 e. The molecule has 0 aliphatic heterocycles. The summed E-state index contributed by atoms with van der Waals surface area (Å²) in [7, 11) is 0. The van der Waals surface area contributed by atoms with Crippen LogP contribution in [0.1, 0.15) is 27.9 Å². The van der Waals surface area contributed by atoms with Gasteiger partial charge >= 0.3 is 12.1 Å². The second-order valence-electron chi connectivity index (χ2n) is 3.30. The van der Waals surface area contributed by atoms with Crippen LogP contribution in [0.25, 0.3) is 0 Å². The van der Waals surface area contributed by atoms with Crippen molar-refractivity contribution >= 4 is 21.9 Å². The predicted octanol–water partition coefficient (Wildman–Crippen LogP) is 3.54. The van der Waals surface area contributed by atoms with Gasteiger partial charge in [-0.15, -0.1) is 0 Å². The largest absolute Gasteiger partial charge is 0.478 e. The smallest absolute Gasteiger partial charge is 0.416 e. The zero-order chi connectivity index (χ0) is 13.8. The van der Waals surface area contributed by atoms with Crippen molar-refractivity contribution in [3.63, 3.8) is 0 Å². The molecule has 6 heteroatoms. The Balaban J connectivity index is 3.23. The average molecular weight is 321 g/mol. The van der Waals surface area contributed by atoms with Crippen molar-refractivity contribution < 1.29 is 23.1 Å². The van der Waals surface area contributed by atoms with E-state index in [4.69, 9.17) is 5.11 Å². The van der Waals surface area contributed by atoms with E-state index in [-0.39, 0.29) is 5.56 Å². The van der Waals surface area contributed by atoms with E-state index in [1.54, 1.807) is 0 Å². The molecule has 0 radical (unpaired) electrons. The van der Waals surface area contributed by atoms with Crippen molar-refractivity contribution in [1.82, 2.24) is 0 Å². The van der Waals surface area contributed by atoms with Gasteiger partial charge in [0.25, 0.3) is 0 Å². The van der Waals surface area contributed by atoms with Crippen molar-refractivity contribution in [2.45, 2.75) is 12.6 Å². The number of carbonyl (C=O) groups is 1. The molecule has 0 saturated heterocycles. The summed E-state index contributed by atoms with van der Waals surface area (Å²) >= 11 is 3.14. The summed E-state index contributed by atoms with van der Waals surface area (Å²) in [6.45, 7) is 0. The van der Waals surface area contributed by atoms with E-state index in [1.807, 2.05) is 0 Å². The van der Waals surface area contributed by atoms with Crippen LogP contribution in [0.4, 0.5) is 13.2 Å². The number of hydrogen-bond donors (Lipinski definition) is 1. The fraction of sp³-hybridized carbons (Fsp3) is 0.250. The summed E-state index contributed by atoms with van der Waals surface area (Å²) in [6, 6.07) is 2.50. The van der Waals surface area contributed by atoms with Crippen LogP contribution in [0.5, 0.6) is 0 Å². The van der Waals surface area contributed by atoms with Crippen molar-refractivity contribution in [1.29, 1.82) is 0 Å². The van der Waals surface area contributed by atoms with Crippen LogP contribution in [0, 0.1) is 11.8 Å². The molecule has 1 aromatic rings. The normalized spacial score (nSPS) is 10.7. The van der Waals surface area contributed by atoms with E-state index in [0.717, 1.165) is 12.1 Å². The van der Waals surface area contributed by atoms with Gasteiger partial charge in [0.15, 0.2) is 0 Å². The Morgan fingerprint density at radius 1 is 1.39 bits per heavy atom. The fourth-order valence-corrected chi connectivity index (χ4v) is 1.41. The molecule has 0 aliphatic carbocycles. The molecule has 0 aliphatic rings. The lowest BCUT2D eigenvalue weighted by Gasteiger charge is -2.08. The third-order valence-corrected chi connectivity index (χ3v) is 2.42. The van der Waals surface area contributed by atoms with Crippen molar-refractivity contribution in [3.05, 3.63) is 34.9 Å². The molecule has 1 N–H and O–H groups in total. The summed E-state index contributed by atoms with van der Waals surface area (Å²) in [5, 5.41) is 9.48. The van der Waals surface area contributed by atoms with E-state index in [9.17, 15) is 18.0 Å². The molecule has 18 heavy (non-hydrogen) atoms. The number of aromatic carboxylic acids is 1. The van der Waals surface area contributed by atoms with Crippen LogP contribution in [0.15, 0.2) is 18.2 Å². The van der Waals surface area contributed by atoms with Crippen molar-refractivity contribution in [2.24, 2.45) is 0 Å². The maximum Gasteiger partial charge on any atom is 0.416 e. The van der Waals surface area contributed by atoms with Crippen molar-refractivity contribution in [3.8, 4) is 11.8 Å². The van der Waals surface area contributed by atoms with Crippen LogP contribution in [0.2, 0.25) is 0 Å². The Morgan fingerprint density at radius 2 is 2.06 bits per heavy atom. The number of halogens is 4. The van der Waals surface area contributed by atoms with Crippen LogP contribution >= 0.6 is 15.9 Å². The quantitative estimate of drug-likeness (QED) is 0.668. The van der Waals surface area contributed by atoms with Gasteiger partial charge in [-0.1, -0.05) is 27.8 Å². The second kappa shape index (κ2) is 5.91. The van der Waals surface area contributed by atoms with E-state index >= 15 is 0 Å². The van der Waals surface area contributed by atoms with Gasteiger partial charge < -0.3 is 5.11 Å². The van der Waals surface area contributed by atoms with Crippen LogP contribution in [-0.2, 0) is 6.18 Å². The van der Waals surface area contributed by atoms with Crippen LogP contribution < -0.4 is 0 Å². The van der Waals surface area contributed by atoms with E-state index in [1.165, 1.54) is 0 Å². The zero-order valence-electron chi connectivity index (χ0n) is 9.01. The zero-order valence-corrected chi connectivity index (χ0v) is 10.6. The summed E-state index contributed by atoms with van der Waals surface area (Å²) in [5.74, 6) is 3.78. The number of hydrogen-bond acceptors (Lipinski definition) is 1. The highest BCUT2D eigenvalue weighted by Gasteiger charge is 2.31. The lowest BCUT2D eigenvalue weighted by atomic mass is 10.0. The monoisotopic (exact) mass is 320 g/mol. The first-order chi connectivity index (χ1) is 8.36. The molecule has 0 heterocycles. The van der Waals surface area contributed by atoms with E-state index in [2.05, 4.69) is 27.8 Å². The first-order valence-corrected chi connectivity index (χ1v) is 5.97. The predicted molar refractivity (Wildman–Crippen MR) is 63.7 cm³/mol. The van der Waals surface area contributed by atoms with Gasteiger partial charge in [0.1, 0.15) is 0 Å². The Hall–Kier alpha value is -1.48. The Morgan fingerprint density at radius 3 is 2.56 bits per heavy atom. The minimum absolute atomic E-state index is 0.0800. The van der Waals surface area contributed by atoms with Gasteiger partial charge in [-0.2, -0.15) is 13.2 Å². The lowest BCUT2D eigenvalue weighted by molar-refractivity contribution is -0.137. The van der Waals surface area contributed by atoms with E-state index < -0.39 is 23.3 Å². The first-order valence-electron chi connectivity index (χ1n) is 4.85. The third kappa shape index (κ3) is 3.77. The molecule has 0 fully saturated rings. The Labute approximate surface area is 110 Å². The summed E-state index contributed by atoms with van der Waals surface area (Å²) in [6.07, 6.45) is -4.08. The third-order valence-electron chi connectivity index (χ3n) is 2.02. The molecule has 0 unspecified atom stereocenters. The highest BCUT2D eigenvalue weighted by molar-refractivity contribution is 9.09. The molecule has 0 atom stereocenters. The minimum atomic E-state index is -4.56. The standard InChI is InChI=1S/C12H8BrF3O2/c13-6-2-1-3-8-4-5-9(12(14,15)16)7-10(8)11(17)18/h4-5,7H,2,6H2,(H,17,18). The topological polar surface area (TPSA) is 37.3 Å². The Kier molecular flexibility index (Phi) is 4.79. The molecule has 0 saturated carbocycles. The first kappa shape index (κ1) is 14.6. The van der Waals surface area contributed by atoms with Gasteiger partial charge in [-0.3, -0.25) is 0 Å². The highest BCUT2D eigenvalue weighted by atomic mass is 79.9. The number of carboxylic acid groups (broad SMARTS) is 1. The fourth-order valence-electron chi connectivity index (χ4n) is 1.21. The van der Waals surface area contributed by atoms with Gasteiger partial charge in [0.05, 0.1) is 11.1 Å². The molecule has 1 rings (SSSR count). The number of carboxylic acids is 1. The maximum atomic E-state index is 12.4. The van der Waals surface area contributed by atoms with Crippen molar-refractivity contribution in [2.75, 3.05) is 5.33 Å². The summed E-state index contributed by atoms with van der Waals surface area (Å²) < 4.78 is 37.3. The van der Waals surface area contributed by atoms with Gasteiger partial charge in [0, 0.05) is 17.3 Å². The van der Waals surface area contributed by atoms with E-state index in [0.29, 0.717) is 17.8 Å². The molecule has 96 valence electrons. The van der Waals surface area contributed by atoms with Gasteiger partial charge in [0.2, 0.25) is 0 Å². The number of rotatable bonds is 2. The van der Waals surface area contributed by atoms with Crippen LogP contribution in [0.3, 0.4) is 0 Å². The number of alkyl halides is 4. The summed E-state index contributed by atoms with van der Waals surface area (Å²) in [5.41, 5.74) is -1.35. The second-order valence-corrected chi connectivity index (χ2v) is 4.10. The molecular formula is C12H8BrF3O2. The maximum absolute atomic E-state index is 12.4. The molecule has 0 bridgehead atoms. The molecule has 0 aromatic heterocycles. The molecular weight excluding hydrogens is 313 g/mol. The number of benzene rings is 1. The molecule has 1 aromatic carbocycles. The molecule has 0 amide bonds. The molecule has 2 nitrogen and oxygen atoms in total. The van der Waals surface area contributed by atoms with Gasteiger partial charge in [-0.25, -0.2) is 4.79 Å². The SMILES string of the molecule is O=C(O)c1cc(C(F)(F)F)ccc1C#CCCBr. The highest BCUT2D eigenvalue weighted by Crippen LogP contribution is 2.30. The molecule has 0 spiro atoms. The summed E-state index contributed by atoms with van der Waals surface area (Å²) in [4.78, 5) is 10.9. The Bertz CT molecular complexity index is 512. The van der Waals surface area contributed by atoms with Crippen LogP contribution in [-0.4, -0.2) is 16.4 Å². The van der Waals surface area contributed by atoms with Gasteiger partial charge in [-0.05, 0) is 18.2 Å².